The molecule has 3 heteroatoms. The molecule has 1 aliphatic heterocycles. The second kappa shape index (κ2) is 9.39. The van der Waals surface area contributed by atoms with E-state index in [1.807, 2.05) is 30.3 Å². The van der Waals surface area contributed by atoms with Crippen molar-refractivity contribution < 1.29 is 14.3 Å². The summed E-state index contributed by atoms with van der Waals surface area (Å²) in [5.74, 6) is 4.87. The molecule has 0 radical (unpaired) electrons. The van der Waals surface area contributed by atoms with Crippen molar-refractivity contribution in [3.8, 4) is 0 Å². The fourth-order valence-corrected chi connectivity index (χ4v) is 10.6. The first-order valence-electron chi connectivity index (χ1n) is 15.6. The SMILES string of the molecule is CC(C)CCC[C@H](C)[C@H]1CC[C@H]2[C@@H]3C[C@H]4O[C@@]45C[C@@H](OC(=O)c4ccccc4)CC[C@]5(C)[C@H]3CC[C@]12C. The lowest BCUT2D eigenvalue weighted by Gasteiger charge is -2.59. The van der Waals surface area contributed by atoms with E-state index in [1.165, 1.54) is 51.4 Å². The van der Waals surface area contributed by atoms with E-state index in [1.54, 1.807) is 0 Å². The van der Waals surface area contributed by atoms with E-state index in [0.29, 0.717) is 17.1 Å². The number of carbonyl (C=O) groups excluding carboxylic acids is 1. The van der Waals surface area contributed by atoms with Gasteiger partial charge in [0.2, 0.25) is 0 Å². The van der Waals surface area contributed by atoms with E-state index in [2.05, 4.69) is 34.6 Å². The molecule has 0 unspecified atom stereocenters. The minimum Gasteiger partial charge on any atom is -0.459 e. The van der Waals surface area contributed by atoms with Gasteiger partial charge in [-0.25, -0.2) is 4.79 Å². The number of hydrogen-bond acceptors (Lipinski definition) is 3. The summed E-state index contributed by atoms with van der Waals surface area (Å²) in [6.45, 7) is 12.5. The molecule has 37 heavy (non-hydrogen) atoms. The summed E-state index contributed by atoms with van der Waals surface area (Å²) in [5.41, 5.74) is 1.36. The average Bonchev–Trinajstić information content (AvgIpc) is 3.45. The second-order valence-corrected chi connectivity index (χ2v) is 14.7. The van der Waals surface area contributed by atoms with Crippen molar-refractivity contribution in [2.45, 2.75) is 123 Å². The van der Waals surface area contributed by atoms with Gasteiger partial charge in [-0.2, -0.15) is 0 Å². The number of benzene rings is 1. The van der Waals surface area contributed by atoms with Crippen molar-refractivity contribution >= 4 is 5.97 Å². The van der Waals surface area contributed by atoms with Gasteiger partial charge in [0.05, 0.1) is 11.7 Å². The van der Waals surface area contributed by atoms with E-state index in [4.69, 9.17) is 9.47 Å². The smallest absolute Gasteiger partial charge is 0.338 e. The summed E-state index contributed by atoms with van der Waals surface area (Å²) in [5, 5.41) is 0. The van der Waals surface area contributed by atoms with Crippen LogP contribution in [0.15, 0.2) is 30.3 Å². The van der Waals surface area contributed by atoms with Gasteiger partial charge < -0.3 is 9.47 Å². The molecule has 5 aliphatic rings. The molecule has 6 rings (SSSR count). The van der Waals surface area contributed by atoms with Gasteiger partial charge in [-0.1, -0.05) is 72.1 Å². The molecule has 1 heterocycles. The van der Waals surface area contributed by atoms with Crippen LogP contribution in [0, 0.1) is 46.3 Å². The topological polar surface area (TPSA) is 38.8 Å². The van der Waals surface area contributed by atoms with E-state index >= 15 is 0 Å². The normalized spacial score (nSPS) is 44.8. The first kappa shape index (κ1) is 25.9. The third-order valence-corrected chi connectivity index (χ3v) is 12.5. The minimum atomic E-state index is -0.176. The largest absolute Gasteiger partial charge is 0.459 e. The standard InChI is InChI=1S/C34H50O3/c1-22(2)10-9-11-23(3)27-14-15-28-26-20-30-34(37-30)21-25(36-31(35)24-12-7-6-8-13-24)16-19-33(34,5)29(26)17-18-32(27,28)4/h6-8,12-13,22-23,25-30H,9-11,14-21H2,1-5H3/t23-,25-,26-,27+,28-,29-,30+,32+,33+,34-/m0/s1. The molecule has 0 amide bonds. The van der Waals surface area contributed by atoms with Crippen LogP contribution in [-0.2, 0) is 9.47 Å². The van der Waals surface area contributed by atoms with Crippen molar-refractivity contribution in [2.24, 2.45) is 46.3 Å². The van der Waals surface area contributed by atoms with Crippen LogP contribution in [0.25, 0.3) is 0 Å². The number of ether oxygens (including phenoxy) is 2. The van der Waals surface area contributed by atoms with Crippen molar-refractivity contribution in [1.29, 1.82) is 0 Å². The van der Waals surface area contributed by atoms with Crippen LogP contribution in [0.5, 0.6) is 0 Å². The summed E-state index contributed by atoms with van der Waals surface area (Å²) < 4.78 is 12.8. The predicted octanol–water partition coefficient (Wildman–Crippen LogP) is 8.46. The predicted molar refractivity (Wildman–Crippen MR) is 148 cm³/mol. The lowest BCUT2D eigenvalue weighted by atomic mass is 9.44. The van der Waals surface area contributed by atoms with E-state index < -0.39 is 0 Å². The summed E-state index contributed by atoms with van der Waals surface area (Å²) in [6.07, 6.45) is 14.5. The Bertz CT molecular complexity index is 988. The van der Waals surface area contributed by atoms with Gasteiger partial charge >= 0.3 is 5.97 Å². The van der Waals surface area contributed by atoms with Gasteiger partial charge in [0.25, 0.3) is 0 Å². The van der Waals surface area contributed by atoms with Crippen LogP contribution in [0.1, 0.15) is 116 Å². The van der Waals surface area contributed by atoms with Gasteiger partial charge in [-0.05, 0) is 98.0 Å². The number of fused-ring (bicyclic) bond motifs is 4. The average molecular weight is 507 g/mol. The number of rotatable bonds is 7. The summed E-state index contributed by atoms with van der Waals surface area (Å²) in [7, 11) is 0. The molecule has 1 saturated heterocycles. The molecule has 0 aromatic heterocycles. The lowest BCUT2D eigenvalue weighted by Crippen LogP contribution is -2.59. The van der Waals surface area contributed by atoms with Crippen LogP contribution < -0.4 is 0 Å². The highest BCUT2D eigenvalue weighted by Gasteiger charge is 2.76. The molecular formula is C34H50O3. The molecule has 1 spiro atoms. The van der Waals surface area contributed by atoms with Gasteiger partial charge in [0, 0.05) is 11.8 Å². The van der Waals surface area contributed by atoms with E-state index in [0.717, 1.165) is 54.8 Å². The van der Waals surface area contributed by atoms with Crippen LogP contribution in [-0.4, -0.2) is 23.8 Å². The van der Waals surface area contributed by atoms with E-state index in [9.17, 15) is 4.79 Å². The Morgan fingerprint density at radius 1 is 1.00 bits per heavy atom. The Hall–Kier alpha value is -1.35. The fourth-order valence-electron chi connectivity index (χ4n) is 10.6. The van der Waals surface area contributed by atoms with Gasteiger partial charge in [0.15, 0.2) is 0 Å². The van der Waals surface area contributed by atoms with Crippen molar-refractivity contribution in [3.63, 3.8) is 0 Å². The third-order valence-electron chi connectivity index (χ3n) is 12.5. The summed E-state index contributed by atoms with van der Waals surface area (Å²) in [4.78, 5) is 12.8. The Morgan fingerprint density at radius 2 is 1.78 bits per heavy atom. The molecule has 5 fully saturated rings. The van der Waals surface area contributed by atoms with Crippen LogP contribution in [0.2, 0.25) is 0 Å². The van der Waals surface area contributed by atoms with Crippen molar-refractivity contribution in [1.82, 2.24) is 0 Å². The maximum atomic E-state index is 12.8. The Balaban J connectivity index is 1.14. The second-order valence-electron chi connectivity index (χ2n) is 14.7. The molecule has 1 aromatic rings. The van der Waals surface area contributed by atoms with Gasteiger partial charge in [-0.15, -0.1) is 0 Å². The zero-order chi connectivity index (χ0) is 26.0. The fraction of sp³-hybridized carbons (Fsp3) is 0.794. The van der Waals surface area contributed by atoms with Gasteiger partial charge in [0.1, 0.15) is 11.7 Å². The quantitative estimate of drug-likeness (QED) is 0.275. The zero-order valence-electron chi connectivity index (χ0n) is 24.0. The molecule has 4 saturated carbocycles. The molecule has 1 aromatic carbocycles. The molecule has 0 N–H and O–H groups in total. The monoisotopic (exact) mass is 506 g/mol. The van der Waals surface area contributed by atoms with Crippen LogP contribution >= 0.6 is 0 Å². The minimum absolute atomic E-state index is 0.0151. The van der Waals surface area contributed by atoms with Crippen LogP contribution in [0.4, 0.5) is 0 Å². The summed E-state index contributed by atoms with van der Waals surface area (Å²) in [6, 6.07) is 9.47. The Kier molecular flexibility index (Phi) is 6.57. The van der Waals surface area contributed by atoms with E-state index in [-0.39, 0.29) is 23.1 Å². The van der Waals surface area contributed by atoms with Crippen molar-refractivity contribution in [3.05, 3.63) is 35.9 Å². The number of hydrogen-bond donors (Lipinski definition) is 0. The molecule has 4 aliphatic carbocycles. The maximum absolute atomic E-state index is 12.8. The lowest BCUT2D eigenvalue weighted by molar-refractivity contribution is -0.118. The number of carbonyl (C=O) groups is 1. The molecule has 204 valence electrons. The van der Waals surface area contributed by atoms with Crippen molar-refractivity contribution in [2.75, 3.05) is 0 Å². The Labute approximate surface area is 225 Å². The highest BCUT2D eigenvalue weighted by molar-refractivity contribution is 5.89. The number of esters is 1. The van der Waals surface area contributed by atoms with Gasteiger partial charge in [-0.3, -0.25) is 0 Å². The molecule has 0 bridgehead atoms. The highest BCUT2D eigenvalue weighted by atomic mass is 16.6. The Morgan fingerprint density at radius 3 is 2.54 bits per heavy atom. The maximum Gasteiger partial charge on any atom is 0.338 e. The molecule has 3 nitrogen and oxygen atoms in total. The zero-order valence-corrected chi connectivity index (χ0v) is 24.0. The molecular weight excluding hydrogens is 456 g/mol. The first-order valence-corrected chi connectivity index (χ1v) is 15.6. The summed E-state index contributed by atoms with van der Waals surface area (Å²) >= 11 is 0. The first-order chi connectivity index (χ1) is 17.7. The molecule has 10 atom stereocenters. The number of epoxide rings is 1. The highest BCUT2D eigenvalue weighted by Crippen LogP contribution is 2.74. The van der Waals surface area contributed by atoms with Crippen LogP contribution in [0.3, 0.4) is 0 Å². The third kappa shape index (κ3) is 4.12.